The zero-order chi connectivity index (χ0) is 76.0. The predicted molar refractivity (Wildman–Crippen MR) is 427 cm³/mol. The van der Waals surface area contributed by atoms with Gasteiger partial charge in [-0.2, -0.15) is 0 Å². The van der Waals surface area contributed by atoms with Crippen molar-refractivity contribution < 1.29 is 80.2 Å². The van der Waals surface area contributed by atoms with Gasteiger partial charge in [-0.25, -0.2) is 9.13 Å². The summed E-state index contributed by atoms with van der Waals surface area (Å²) < 4.78 is 68.5. The van der Waals surface area contributed by atoms with Crippen molar-refractivity contribution in [2.45, 2.75) is 329 Å². The second-order valence-electron chi connectivity index (χ2n) is 26.2. The van der Waals surface area contributed by atoms with Crippen LogP contribution in [0, 0.1) is 0 Å². The van der Waals surface area contributed by atoms with Crippen molar-refractivity contribution in [3.8, 4) is 0 Å². The summed E-state index contributed by atoms with van der Waals surface area (Å²) in [5, 5.41) is 10.6. The lowest BCUT2D eigenvalue weighted by molar-refractivity contribution is -0.161. The molecule has 0 aromatic rings. The smallest absolute Gasteiger partial charge is 0.462 e. The maximum atomic E-state index is 13.1. The first kappa shape index (κ1) is 98.9. The van der Waals surface area contributed by atoms with Gasteiger partial charge < -0.3 is 33.8 Å². The van der Waals surface area contributed by atoms with Gasteiger partial charge in [0.1, 0.15) is 19.3 Å². The topological polar surface area (TPSA) is 237 Å². The maximum absolute atomic E-state index is 13.1. The number of phosphoric acid groups is 2. The first-order chi connectivity index (χ1) is 50.7. The molecule has 0 amide bonds. The van der Waals surface area contributed by atoms with E-state index in [1.54, 1.807) is 6.08 Å². The van der Waals surface area contributed by atoms with Crippen molar-refractivity contribution >= 4 is 39.5 Å². The van der Waals surface area contributed by atoms with Crippen LogP contribution in [0.3, 0.4) is 0 Å². The van der Waals surface area contributed by atoms with E-state index >= 15 is 0 Å². The zero-order valence-electron chi connectivity index (χ0n) is 64.9. The Morgan fingerprint density at radius 1 is 0.288 bits per heavy atom. The molecule has 0 saturated carbocycles. The van der Waals surface area contributed by atoms with Gasteiger partial charge in [-0.05, 0) is 122 Å². The Morgan fingerprint density at radius 2 is 0.538 bits per heavy atom. The van der Waals surface area contributed by atoms with E-state index in [9.17, 15) is 43.2 Å². The van der Waals surface area contributed by atoms with E-state index < -0.39 is 97.5 Å². The molecule has 0 bridgehead atoms. The molecule has 0 aromatic carbocycles. The highest BCUT2D eigenvalue weighted by molar-refractivity contribution is 7.47. The molecule has 0 aliphatic rings. The lowest BCUT2D eigenvalue weighted by Gasteiger charge is -2.21. The molecule has 0 aromatic heterocycles. The van der Waals surface area contributed by atoms with Crippen molar-refractivity contribution in [1.82, 2.24) is 0 Å². The lowest BCUT2D eigenvalue weighted by Crippen LogP contribution is -2.30. The predicted octanol–water partition coefficient (Wildman–Crippen LogP) is 23.4. The fourth-order valence-corrected chi connectivity index (χ4v) is 11.9. The molecular weight excluding hydrogens is 1350 g/mol. The van der Waals surface area contributed by atoms with Gasteiger partial charge in [0.15, 0.2) is 12.2 Å². The summed E-state index contributed by atoms with van der Waals surface area (Å²) in [5.74, 6) is -2.35. The van der Waals surface area contributed by atoms with Crippen LogP contribution in [0.25, 0.3) is 0 Å². The van der Waals surface area contributed by atoms with E-state index in [0.717, 1.165) is 167 Å². The quantitative estimate of drug-likeness (QED) is 0.0169. The van der Waals surface area contributed by atoms with Gasteiger partial charge in [0.25, 0.3) is 0 Å². The molecule has 17 nitrogen and oxygen atoms in total. The molecule has 0 aliphatic heterocycles. The highest BCUT2D eigenvalue weighted by Gasteiger charge is 2.30. The number of rotatable bonds is 74. The van der Waals surface area contributed by atoms with Gasteiger partial charge in [0.2, 0.25) is 0 Å². The highest BCUT2D eigenvalue weighted by atomic mass is 31.2. The minimum absolute atomic E-state index is 0.0524. The number of phosphoric ester groups is 2. The molecule has 3 N–H and O–H groups in total. The third kappa shape index (κ3) is 75.2. The van der Waals surface area contributed by atoms with Crippen molar-refractivity contribution in [2.75, 3.05) is 39.6 Å². The third-order valence-corrected chi connectivity index (χ3v) is 18.2. The van der Waals surface area contributed by atoms with Crippen LogP contribution in [0.4, 0.5) is 0 Å². The van der Waals surface area contributed by atoms with Crippen LogP contribution >= 0.6 is 15.6 Å². The van der Waals surface area contributed by atoms with Gasteiger partial charge in [-0.1, -0.05) is 308 Å². The lowest BCUT2D eigenvalue weighted by atomic mass is 10.0. The largest absolute Gasteiger partial charge is 0.472 e. The molecule has 104 heavy (non-hydrogen) atoms. The number of esters is 4. The van der Waals surface area contributed by atoms with E-state index in [4.69, 9.17) is 37.0 Å². The molecule has 0 saturated heterocycles. The SMILES string of the molecule is CC/C=C\C/C=C\C/C=C\C/C=C\C/C=C\CC(=O)OCC(COP(=O)(O)OCC(O)COP(=O)(O)OCC(COC(=O)CCCCCCCC/C=C\C/C=C\C/C=C\C/C=C\CC)OC(=O)CCCCCCCCCCCCCCCCC)OC(=O)CCCCCCC/C=C\C/C=C\C/C=C\CC. The Bertz CT molecular complexity index is 2540. The van der Waals surface area contributed by atoms with Gasteiger partial charge in [0, 0.05) is 19.3 Å². The van der Waals surface area contributed by atoms with Crippen LogP contribution in [0.15, 0.2) is 146 Å². The molecular formula is C85H142O17P2. The second-order valence-corrected chi connectivity index (χ2v) is 29.1. The third-order valence-electron chi connectivity index (χ3n) is 16.3. The molecule has 0 radical (unpaired) electrons. The maximum Gasteiger partial charge on any atom is 0.472 e. The van der Waals surface area contributed by atoms with Crippen molar-refractivity contribution in [2.24, 2.45) is 0 Å². The average molecular weight is 1500 g/mol. The van der Waals surface area contributed by atoms with E-state index in [2.05, 4.69) is 149 Å². The first-order valence-corrected chi connectivity index (χ1v) is 43.1. The summed E-state index contributed by atoms with van der Waals surface area (Å²) in [6, 6.07) is 0. The Hall–Kier alpha value is -5.06. The summed E-state index contributed by atoms with van der Waals surface area (Å²) in [5.41, 5.74) is 0. The summed E-state index contributed by atoms with van der Waals surface area (Å²) in [6.45, 7) is 4.40. The molecule has 0 fully saturated rings. The van der Waals surface area contributed by atoms with Crippen molar-refractivity contribution in [1.29, 1.82) is 0 Å². The standard InChI is InChI=1S/C85H142O17P2/c1-5-9-13-17-21-25-29-33-37-38-39-40-44-46-50-54-58-62-66-70-83(88)96-76-81(102-85(90)72-68-64-60-56-52-48-43-36-32-28-24-20-16-12-8-4)78-100-104(93,94)98-74-79(86)73-97-103(91,92)99-77-80(101-84(89)71-67-63-59-55-51-47-42-35-31-27-23-19-15-11-7-3)75-95-82(87)69-65-61-57-53-49-45-41-34-30-26-22-18-14-10-6-2/h9-11,13-15,21-23,25-27,33-35,37,39-42,49,53,61,65,79-81,86H,5-8,12,16-20,24,28-32,36,38,43-48,50-52,54-60,62-64,66-78H2,1-4H3,(H,91,92)(H,93,94)/b13-9-,14-10-,15-11-,25-21-,26-22-,27-23-,37-33-,40-39-,41-34-,42-35-,53-49-,65-61-. The van der Waals surface area contributed by atoms with Crippen molar-refractivity contribution in [3.63, 3.8) is 0 Å². The monoisotopic (exact) mass is 1500 g/mol. The van der Waals surface area contributed by atoms with E-state index in [1.165, 1.54) is 64.2 Å². The second kappa shape index (κ2) is 76.1. The summed E-state index contributed by atoms with van der Waals surface area (Å²) in [6.07, 6.45) is 87.1. The van der Waals surface area contributed by atoms with Gasteiger partial charge in [0.05, 0.1) is 32.8 Å². The zero-order valence-corrected chi connectivity index (χ0v) is 66.7. The van der Waals surface area contributed by atoms with Crippen LogP contribution < -0.4 is 0 Å². The molecule has 0 aliphatic carbocycles. The van der Waals surface area contributed by atoms with Crippen LogP contribution in [0.5, 0.6) is 0 Å². The minimum Gasteiger partial charge on any atom is -0.462 e. The molecule has 0 spiro atoms. The number of carbonyl (C=O) groups is 4. The Labute approximate surface area is 630 Å². The highest BCUT2D eigenvalue weighted by Crippen LogP contribution is 2.45. The number of allylic oxidation sites excluding steroid dienone is 23. The number of carbonyl (C=O) groups excluding carboxylic acids is 4. The number of unbranched alkanes of at least 4 members (excludes halogenated alkanes) is 25. The summed E-state index contributed by atoms with van der Waals surface area (Å²) >= 11 is 0. The molecule has 19 heteroatoms. The first-order valence-electron chi connectivity index (χ1n) is 40.1. The van der Waals surface area contributed by atoms with Gasteiger partial charge >= 0.3 is 39.5 Å². The Balaban J connectivity index is 5.44. The van der Waals surface area contributed by atoms with Gasteiger partial charge in [-0.15, -0.1) is 0 Å². The van der Waals surface area contributed by atoms with Crippen LogP contribution in [-0.2, 0) is 65.4 Å². The van der Waals surface area contributed by atoms with Crippen LogP contribution in [0.2, 0.25) is 0 Å². The van der Waals surface area contributed by atoms with E-state index in [-0.39, 0.29) is 25.7 Å². The molecule has 5 unspecified atom stereocenters. The van der Waals surface area contributed by atoms with E-state index in [1.807, 2.05) is 18.2 Å². The number of ether oxygens (including phenoxy) is 4. The molecule has 5 atom stereocenters. The molecule has 0 heterocycles. The normalized spacial score (nSPS) is 14.6. The minimum atomic E-state index is -5.01. The molecule has 0 rings (SSSR count). The number of hydrogen-bond acceptors (Lipinski definition) is 15. The summed E-state index contributed by atoms with van der Waals surface area (Å²) in [4.78, 5) is 73.0. The Morgan fingerprint density at radius 3 is 0.856 bits per heavy atom. The fraction of sp³-hybridized carbons (Fsp3) is 0.671. The number of hydrogen-bond donors (Lipinski definition) is 3. The Kier molecular flexibility index (Phi) is 72.4. The average Bonchev–Trinajstić information content (AvgIpc) is 0.912. The van der Waals surface area contributed by atoms with Crippen molar-refractivity contribution in [3.05, 3.63) is 146 Å². The molecule has 594 valence electrons. The summed E-state index contributed by atoms with van der Waals surface area (Å²) in [7, 11) is -10.00. The van der Waals surface area contributed by atoms with Gasteiger partial charge in [-0.3, -0.25) is 37.3 Å². The number of aliphatic hydroxyl groups is 1. The van der Waals surface area contributed by atoms with E-state index in [0.29, 0.717) is 25.7 Å². The van der Waals surface area contributed by atoms with Crippen LogP contribution in [0.1, 0.15) is 310 Å². The van der Waals surface area contributed by atoms with Crippen LogP contribution in [-0.4, -0.2) is 96.7 Å². The fourth-order valence-electron chi connectivity index (χ4n) is 10.4. The number of aliphatic hydroxyl groups excluding tert-OH is 1.